The minimum Gasteiger partial charge on any atom is -0.493 e. The molecule has 4 nitrogen and oxygen atoms in total. The van der Waals surface area contributed by atoms with Gasteiger partial charge >= 0.3 is 5.97 Å². The second-order valence-corrected chi connectivity index (χ2v) is 15.3. The van der Waals surface area contributed by atoms with Gasteiger partial charge in [-0.05, 0) is 59.0 Å². The fourth-order valence-electron chi connectivity index (χ4n) is 5.22. The predicted molar refractivity (Wildman–Crippen MR) is 142 cm³/mol. The number of fused-ring (bicyclic) bond motifs is 1. The average Bonchev–Trinajstić information content (AvgIpc) is 2.76. The molecule has 0 atom stereocenters. The fraction of sp³-hybridized carbons (Fsp3) is 0.536. The van der Waals surface area contributed by atoms with Gasteiger partial charge in [0.25, 0.3) is 0 Å². The molecule has 2 rings (SSSR count). The first-order valence-electron chi connectivity index (χ1n) is 12.4. The summed E-state index contributed by atoms with van der Waals surface area (Å²) in [7, 11) is -1.75. The zero-order valence-corrected chi connectivity index (χ0v) is 22.3. The summed E-state index contributed by atoms with van der Waals surface area (Å²) in [5.41, 5.74) is 2.77. The number of carbonyl (C=O) groups is 1. The number of unbranched alkanes of at least 4 members (excludes halogenated alkanes) is 3. The molecule has 1 N–H and O–H groups in total. The lowest BCUT2D eigenvalue weighted by Crippen LogP contribution is -2.47. The molecule has 0 fully saturated rings. The number of hydrogen-bond acceptors (Lipinski definition) is 3. The number of ether oxygens (including phenoxy) is 1. The van der Waals surface area contributed by atoms with Crippen molar-refractivity contribution in [3.63, 3.8) is 0 Å². The Morgan fingerprint density at radius 3 is 2.00 bits per heavy atom. The van der Waals surface area contributed by atoms with Crippen molar-refractivity contribution < 1.29 is 19.1 Å². The van der Waals surface area contributed by atoms with E-state index in [2.05, 4.69) is 41.5 Å². The molecule has 0 bridgehead atoms. The van der Waals surface area contributed by atoms with E-state index in [4.69, 9.17) is 14.3 Å². The SMILES string of the molecule is CC(C)[Si](OCCCCCCOc1ccc(/C=C/C(=O)O)c2ccccc12)(C(C)C)C(C)C. The topological polar surface area (TPSA) is 55.8 Å². The minimum absolute atomic E-state index is 0.631. The zero-order valence-electron chi connectivity index (χ0n) is 21.3. The monoisotopic (exact) mass is 470 g/mol. The first-order chi connectivity index (χ1) is 15.7. The highest BCUT2D eigenvalue weighted by Crippen LogP contribution is 2.42. The molecule has 0 radical (unpaired) electrons. The van der Waals surface area contributed by atoms with E-state index in [1.807, 2.05) is 36.4 Å². The molecule has 2 aromatic rings. The van der Waals surface area contributed by atoms with Crippen molar-refractivity contribution in [2.45, 2.75) is 83.8 Å². The van der Waals surface area contributed by atoms with E-state index in [1.165, 1.54) is 6.08 Å². The van der Waals surface area contributed by atoms with Crippen molar-refractivity contribution in [1.29, 1.82) is 0 Å². The normalized spacial score (nSPS) is 12.5. The third-order valence-electron chi connectivity index (χ3n) is 6.68. The first kappa shape index (κ1) is 27.1. The highest BCUT2D eigenvalue weighted by Gasteiger charge is 2.44. The van der Waals surface area contributed by atoms with E-state index in [-0.39, 0.29) is 0 Å². The van der Waals surface area contributed by atoms with E-state index in [9.17, 15) is 4.79 Å². The third kappa shape index (κ3) is 7.18. The molecule has 0 heterocycles. The van der Waals surface area contributed by atoms with Crippen LogP contribution >= 0.6 is 0 Å². The van der Waals surface area contributed by atoms with Crippen LogP contribution in [-0.2, 0) is 9.22 Å². The summed E-state index contributed by atoms with van der Waals surface area (Å²) in [4.78, 5) is 10.9. The second kappa shape index (κ2) is 12.9. The van der Waals surface area contributed by atoms with Gasteiger partial charge in [0.05, 0.1) is 6.61 Å². The van der Waals surface area contributed by atoms with Gasteiger partial charge in [-0.1, -0.05) is 78.3 Å². The Morgan fingerprint density at radius 1 is 0.848 bits per heavy atom. The molecule has 0 saturated carbocycles. The van der Waals surface area contributed by atoms with Crippen LogP contribution in [0.5, 0.6) is 5.75 Å². The summed E-state index contributed by atoms with van der Waals surface area (Å²) in [6, 6.07) is 11.8. The van der Waals surface area contributed by atoms with E-state index in [1.54, 1.807) is 6.08 Å². The summed E-state index contributed by atoms with van der Waals surface area (Å²) in [6.07, 6.45) is 7.20. The Balaban J connectivity index is 1.82. The lowest BCUT2D eigenvalue weighted by molar-refractivity contribution is -0.131. The number of carboxylic acids is 1. The zero-order chi connectivity index (χ0) is 24.4. The Labute approximate surface area is 201 Å². The molecule has 0 spiro atoms. The van der Waals surface area contributed by atoms with Crippen LogP contribution in [0.4, 0.5) is 0 Å². The number of carboxylic acid groups (broad SMARTS) is 1. The summed E-state index contributed by atoms with van der Waals surface area (Å²) in [5, 5.41) is 10.9. The smallest absolute Gasteiger partial charge is 0.328 e. The molecule has 0 amide bonds. The van der Waals surface area contributed by atoms with Crippen LogP contribution in [0.1, 0.15) is 72.8 Å². The lowest BCUT2D eigenvalue weighted by atomic mass is 10.0. The van der Waals surface area contributed by atoms with Gasteiger partial charge in [0.15, 0.2) is 8.32 Å². The maximum Gasteiger partial charge on any atom is 0.328 e. The van der Waals surface area contributed by atoms with Crippen LogP contribution in [-0.4, -0.2) is 32.6 Å². The molecule has 0 saturated heterocycles. The van der Waals surface area contributed by atoms with Crippen molar-refractivity contribution >= 4 is 31.1 Å². The third-order valence-corrected chi connectivity index (χ3v) is 12.8. The van der Waals surface area contributed by atoms with Crippen molar-refractivity contribution in [3.05, 3.63) is 48.0 Å². The lowest BCUT2D eigenvalue weighted by Gasteiger charge is -2.42. The molecule has 33 heavy (non-hydrogen) atoms. The molecule has 0 aliphatic carbocycles. The van der Waals surface area contributed by atoms with Gasteiger partial charge in [0.1, 0.15) is 5.75 Å². The molecule has 0 unspecified atom stereocenters. The van der Waals surface area contributed by atoms with Gasteiger partial charge in [0, 0.05) is 18.1 Å². The number of benzene rings is 2. The summed E-state index contributed by atoms with van der Waals surface area (Å²) < 4.78 is 12.7. The van der Waals surface area contributed by atoms with Crippen LogP contribution in [0.2, 0.25) is 16.6 Å². The van der Waals surface area contributed by atoms with Gasteiger partial charge in [-0.15, -0.1) is 0 Å². The van der Waals surface area contributed by atoms with Gasteiger partial charge in [-0.2, -0.15) is 0 Å². The molecule has 2 aromatic carbocycles. The van der Waals surface area contributed by atoms with Crippen molar-refractivity contribution in [2.75, 3.05) is 13.2 Å². The van der Waals surface area contributed by atoms with Gasteiger partial charge in [0.2, 0.25) is 0 Å². The van der Waals surface area contributed by atoms with Crippen LogP contribution in [0.15, 0.2) is 42.5 Å². The van der Waals surface area contributed by atoms with Crippen LogP contribution < -0.4 is 4.74 Å². The highest BCUT2D eigenvalue weighted by molar-refractivity contribution is 6.77. The van der Waals surface area contributed by atoms with Gasteiger partial charge < -0.3 is 14.3 Å². The molecular weight excluding hydrogens is 428 g/mol. The largest absolute Gasteiger partial charge is 0.493 e. The molecule has 0 aliphatic rings. The van der Waals surface area contributed by atoms with E-state index < -0.39 is 14.3 Å². The molecule has 5 heteroatoms. The summed E-state index contributed by atoms with van der Waals surface area (Å²) in [6.45, 7) is 15.6. The summed E-state index contributed by atoms with van der Waals surface area (Å²) in [5.74, 6) is -0.0987. The minimum atomic E-state index is -1.75. The van der Waals surface area contributed by atoms with Crippen molar-refractivity contribution in [2.24, 2.45) is 0 Å². The number of aliphatic carboxylic acids is 1. The highest BCUT2D eigenvalue weighted by atomic mass is 28.4. The predicted octanol–water partition coefficient (Wildman–Crippen LogP) is 8.07. The molecule has 182 valence electrons. The molecule has 0 aromatic heterocycles. The van der Waals surface area contributed by atoms with E-state index in [0.717, 1.165) is 54.4 Å². The Morgan fingerprint density at radius 2 is 1.42 bits per heavy atom. The van der Waals surface area contributed by atoms with Crippen LogP contribution in [0, 0.1) is 0 Å². The maximum absolute atomic E-state index is 10.9. The fourth-order valence-corrected chi connectivity index (χ4v) is 10.7. The maximum atomic E-state index is 10.9. The molecular formula is C28H42O4Si. The second-order valence-electron chi connectivity index (χ2n) is 9.80. The first-order valence-corrected chi connectivity index (χ1v) is 14.5. The summed E-state index contributed by atoms with van der Waals surface area (Å²) >= 11 is 0. The standard InChI is InChI=1S/C28H42O4Si/c1-21(2)33(22(3)4,23(5)6)32-20-12-8-7-11-19-31-27-17-15-24(16-18-28(29)30)25-13-9-10-14-26(25)27/h9-10,13-18,21-23H,7-8,11-12,19-20H2,1-6H3,(H,29,30)/b18-16+. The van der Waals surface area contributed by atoms with Crippen LogP contribution in [0.3, 0.4) is 0 Å². The Bertz CT molecular complexity index is 895. The van der Waals surface area contributed by atoms with Gasteiger partial charge in [-0.3, -0.25) is 0 Å². The Hall–Kier alpha value is -2.11. The number of hydrogen-bond donors (Lipinski definition) is 1. The van der Waals surface area contributed by atoms with Crippen molar-refractivity contribution in [1.82, 2.24) is 0 Å². The van der Waals surface area contributed by atoms with E-state index >= 15 is 0 Å². The van der Waals surface area contributed by atoms with Gasteiger partial charge in [-0.25, -0.2) is 4.79 Å². The van der Waals surface area contributed by atoms with E-state index in [0.29, 0.717) is 23.2 Å². The van der Waals surface area contributed by atoms with Crippen molar-refractivity contribution in [3.8, 4) is 5.75 Å². The average molecular weight is 471 g/mol. The van der Waals surface area contributed by atoms with Crippen LogP contribution in [0.25, 0.3) is 16.8 Å². The Kier molecular flexibility index (Phi) is 10.6. The number of rotatable bonds is 14. The quantitative estimate of drug-likeness (QED) is 0.172. The molecule has 0 aliphatic heterocycles.